The van der Waals surface area contributed by atoms with Gasteiger partial charge >= 0.3 is 0 Å². The lowest BCUT2D eigenvalue weighted by atomic mass is 9.89. The number of carbonyl (C=O) groups excluding carboxylic acids is 1. The Morgan fingerprint density at radius 2 is 2.10 bits per heavy atom. The summed E-state index contributed by atoms with van der Waals surface area (Å²) >= 11 is 0. The quantitative estimate of drug-likeness (QED) is 0.475. The number of aromatic nitrogens is 5. The molecule has 1 aliphatic rings. The van der Waals surface area contributed by atoms with Crippen molar-refractivity contribution in [2.75, 3.05) is 7.05 Å². The zero-order chi connectivity index (χ0) is 21.9. The Labute approximate surface area is 177 Å². The maximum Gasteiger partial charge on any atom is 0.254 e. The minimum Gasteiger partial charge on any atom is -0.344 e. The van der Waals surface area contributed by atoms with Gasteiger partial charge in [-0.05, 0) is 23.8 Å². The summed E-state index contributed by atoms with van der Waals surface area (Å²) in [7, 11) is 3.34. The highest BCUT2D eigenvalue weighted by molar-refractivity contribution is 5.96. The lowest BCUT2D eigenvalue weighted by molar-refractivity contribution is 0.0782. The minimum absolute atomic E-state index is 0.161. The van der Waals surface area contributed by atoms with Crippen molar-refractivity contribution in [1.82, 2.24) is 29.6 Å². The molecule has 0 spiro atoms. The lowest BCUT2D eigenvalue weighted by Crippen LogP contribution is -2.28. The fourth-order valence-corrected chi connectivity index (χ4v) is 4.20. The van der Waals surface area contributed by atoms with Gasteiger partial charge in [0.2, 0.25) is 0 Å². The smallest absolute Gasteiger partial charge is 0.254 e. The second-order valence-corrected chi connectivity index (χ2v) is 7.72. The van der Waals surface area contributed by atoms with E-state index in [9.17, 15) is 14.4 Å². The van der Waals surface area contributed by atoms with E-state index in [1.54, 1.807) is 26.5 Å². The molecular formula is C22H18FN7O. The highest BCUT2D eigenvalue weighted by atomic mass is 19.1. The predicted octanol–water partition coefficient (Wildman–Crippen LogP) is 3.11. The zero-order valence-electron chi connectivity index (χ0n) is 17.1. The summed E-state index contributed by atoms with van der Waals surface area (Å²) in [6.45, 7) is 2.07. The molecule has 0 aliphatic carbocycles. The first-order valence-electron chi connectivity index (χ1n) is 9.74. The summed E-state index contributed by atoms with van der Waals surface area (Å²) in [4.78, 5) is 27.2. The summed E-state index contributed by atoms with van der Waals surface area (Å²) in [5.74, 6) is -0.978. The molecule has 0 radical (unpaired) electrons. The van der Waals surface area contributed by atoms with Crippen LogP contribution in [0.3, 0.4) is 0 Å². The molecular weight excluding hydrogens is 397 g/mol. The first kappa shape index (κ1) is 18.9. The number of amides is 1. The number of hydrogen-bond acceptors (Lipinski definition) is 5. The van der Waals surface area contributed by atoms with E-state index in [0.29, 0.717) is 44.9 Å². The number of nitrogens with one attached hydrogen (secondary N) is 1. The van der Waals surface area contributed by atoms with Gasteiger partial charge in [-0.1, -0.05) is 6.92 Å². The molecule has 154 valence electrons. The molecule has 0 saturated carbocycles. The Morgan fingerprint density at radius 1 is 1.29 bits per heavy atom. The number of aromatic amines is 1. The first-order chi connectivity index (χ1) is 14.9. The van der Waals surface area contributed by atoms with Crippen LogP contribution in [0.2, 0.25) is 0 Å². The maximum absolute atomic E-state index is 14.2. The van der Waals surface area contributed by atoms with E-state index in [0.717, 1.165) is 5.56 Å². The molecule has 0 fully saturated rings. The van der Waals surface area contributed by atoms with Crippen LogP contribution in [0.5, 0.6) is 0 Å². The molecule has 4 aromatic rings. The van der Waals surface area contributed by atoms with E-state index in [4.69, 9.17) is 4.98 Å². The van der Waals surface area contributed by atoms with Crippen LogP contribution in [0.1, 0.15) is 45.7 Å². The van der Waals surface area contributed by atoms with Crippen molar-refractivity contribution in [3.8, 4) is 17.3 Å². The number of benzene rings is 1. The molecule has 1 aliphatic heterocycles. The SMILES string of the molecule is C[C@@H]1c2cc(F)ccc2C(=O)N(C)Cc2nn(C)c(C#N)c2-c2cnc3[nH]cc1c3n2. The fourth-order valence-electron chi connectivity index (χ4n) is 4.20. The Hall–Kier alpha value is -4.06. The van der Waals surface area contributed by atoms with Crippen LogP contribution >= 0.6 is 0 Å². The Morgan fingerprint density at radius 3 is 2.87 bits per heavy atom. The van der Waals surface area contributed by atoms with Crippen molar-refractivity contribution >= 4 is 17.1 Å². The second kappa shape index (κ2) is 6.74. The molecule has 1 atom stereocenters. The summed E-state index contributed by atoms with van der Waals surface area (Å²) in [5.41, 5.74) is 4.90. The van der Waals surface area contributed by atoms with Crippen molar-refractivity contribution in [3.63, 3.8) is 0 Å². The Balaban J connectivity index is 1.86. The third kappa shape index (κ3) is 2.79. The molecule has 0 saturated heterocycles. The Bertz CT molecular complexity index is 1410. The minimum atomic E-state index is -0.412. The van der Waals surface area contributed by atoms with Crippen molar-refractivity contribution in [2.24, 2.45) is 7.05 Å². The van der Waals surface area contributed by atoms with E-state index in [1.807, 2.05) is 6.92 Å². The standard InChI is InChI=1S/C22H18FN7O/c1-11-14-6-12(23)4-5-13(14)22(31)29(2)10-17-19(18(7-24)30(3)28-17)16-9-26-21-20(27-16)15(11)8-25-21/h4-6,8-9,11H,10H2,1-3H3,(H,25,26)/t11-/m1/s1. The summed E-state index contributed by atoms with van der Waals surface area (Å²) < 4.78 is 15.6. The second-order valence-electron chi connectivity index (χ2n) is 7.72. The number of carbonyl (C=O) groups is 1. The average molecular weight is 415 g/mol. The van der Waals surface area contributed by atoms with Gasteiger partial charge in [0.1, 0.15) is 23.1 Å². The number of nitrogens with zero attached hydrogens (tertiary/aromatic N) is 6. The monoisotopic (exact) mass is 415 g/mol. The number of rotatable bonds is 0. The van der Waals surface area contributed by atoms with Crippen LogP contribution in [0.4, 0.5) is 4.39 Å². The number of halogens is 1. The van der Waals surface area contributed by atoms with Gasteiger partial charge in [-0.25, -0.2) is 14.4 Å². The number of fused-ring (bicyclic) bond motifs is 4. The molecule has 8 nitrogen and oxygen atoms in total. The van der Waals surface area contributed by atoms with E-state index in [2.05, 4.69) is 21.1 Å². The average Bonchev–Trinajstić information content (AvgIpc) is 3.31. The van der Waals surface area contributed by atoms with E-state index in [-0.39, 0.29) is 18.4 Å². The van der Waals surface area contributed by atoms with Crippen LogP contribution in [-0.4, -0.2) is 42.6 Å². The highest BCUT2D eigenvalue weighted by Crippen LogP contribution is 2.35. The van der Waals surface area contributed by atoms with Crippen LogP contribution < -0.4 is 0 Å². The van der Waals surface area contributed by atoms with E-state index >= 15 is 0 Å². The van der Waals surface area contributed by atoms with Gasteiger partial charge in [0.25, 0.3) is 5.91 Å². The normalized spacial score (nSPS) is 15.9. The number of nitriles is 1. The largest absolute Gasteiger partial charge is 0.344 e. The molecule has 1 N–H and O–H groups in total. The van der Waals surface area contributed by atoms with Crippen molar-refractivity contribution in [3.05, 3.63) is 64.5 Å². The molecule has 5 rings (SSSR count). The van der Waals surface area contributed by atoms with E-state index in [1.165, 1.54) is 27.8 Å². The van der Waals surface area contributed by atoms with E-state index < -0.39 is 5.82 Å². The maximum atomic E-state index is 14.2. The van der Waals surface area contributed by atoms with Gasteiger partial charge in [-0.15, -0.1) is 0 Å². The summed E-state index contributed by atoms with van der Waals surface area (Å²) in [5, 5.41) is 14.2. The third-order valence-electron chi connectivity index (χ3n) is 5.80. The van der Waals surface area contributed by atoms with Gasteiger partial charge in [-0.3, -0.25) is 9.48 Å². The molecule has 9 heteroatoms. The van der Waals surface area contributed by atoms with Crippen LogP contribution in [-0.2, 0) is 13.6 Å². The first-order valence-corrected chi connectivity index (χ1v) is 9.74. The topological polar surface area (TPSA) is 103 Å². The molecule has 4 heterocycles. The van der Waals surface area contributed by atoms with Crippen molar-refractivity contribution in [2.45, 2.75) is 19.4 Å². The molecule has 1 aromatic carbocycles. The lowest BCUT2D eigenvalue weighted by Gasteiger charge is -2.22. The fraction of sp³-hybridized carbons (Fsp3) is 0.227. The Kier molecular flexibility index (Phi) is 4.12. The van der Waals surface area contributed by atoms with Crippen molar-refractivity contribution < 1.29 is 9.18 Å². The number of aryl methyl sites for hydroxylation is 1. The molecule has 1 amide bonds. The van der Waals surface area contributed by atoms with Gasteiger partial charge in [0.05, 0.1) is 29.7 Å². The summed E-state index contributed by atoms with van der Waals surface area (Å²) in [6, 6.07) is 6.38. The van der Waals surface area contributed by atoms with Crippen molar-refractivity contribution in [1.29, 1.82) is 5.26 Å². The molecule has 31 heavy (non-hydrogen) atoms. The summed E-state index contributed by atoms with van der Waals surface area (Å²) in [6.07, 6.45) is 3.37. The van der Waals surface area contributed by atoms with Gasteiger partial charge in [0, 0.05) is 37.3 Å². The number of H-pyrrole nitrogens is 1. The molecule has 2 bridgehead atoms. The van der Waals surface area contributed by atoms with Gasteiger partial charge in [-0.2, -0.15) is 10.4 Å². The van der Waals surface area contributed by atoms with Crippen LogP contribution in [0.25, 0.3) is 22.4 Å². The molecule has 0 unspecified atom stereocenters. The van der Waals surface area contributed by atoms with Gasteiger partial charge < -0.3 is 9.88 Å². The van der Waals surface area contributed by atoms with Crippen LogP contribution in [0, 0.1) is 17.1 Å². The highest BCUT2D eigenvalue weighted by Gasteiger charge is 2.28. The number of hydrogen-bond donors (Lipinski definition) is 1. The molecule has 3 aromatic heterocycles. The van der Waals surface area contributed by atoms with Gasteiger partial charge in [0.15, 0.2) is 5.65 Å². The third-order valence-corrected chi connectivity index (χ3v) is 5.80. The zero-order valence-corrected chi connectivity index (χ0v) is 17.1. The van der Waals surface area contributed by atoms with Crippen LogP contribution in [0.15, 0.2) is 30.6 Å². The predicted molar refractivity (Wildman–Crippen MR) is 111 cm³/mol.